The van der Waals surface area contributed by atoms with Crippen molar-refractivity contribution in [1.82, 2.24) is 19.7 Å². The van der Waals surface area contributed by atoms with Gasteiger partial charge in [-0.3, -0.25) is 0 Å². The van der Waals surface area contributed by atoms with Gasteiger partial charge in [0.15, 0.2) is 11.0 Å². The molecule has 2 aromatic heterocycles. The number of hydrogen-bond donors (Lipinski definition) is 3. The molecule has 1 aliphatic heterocycles. The van der Waals surface area contributed by atoms with Gasteiger partial charge in [-0.25, -0.2) is 4.98 Å². The first-order valence-electron chi connectivity index (χ1n) is 5.70. The van der Waals surface area contributed by atoms with Gasteiger partial charge in [-0.2, -0.15) is 0 Å². The number of ether oxygens (including phenoxy) is 1. The minimum absolute atomic E-state index is 0.159. The monoisotopic (exact) mass is 285 g/mol. The molecule has 0 aromatic carbocycles. The second-order valence-electron chi connectivity index (χ2n) is 4.34. The number of anilines is 1. The molecule has 1 aliphatic rings. The highest BCUT2D eigenvalue weighted by Crippen LogP contribution is 2.33. The quantitative estimate of drug-likeness (QED) is 0.693. The van der Waals surface area contributed by atoms with Crippen molar-refractivity contribution in [3.05, 3.63) is 11.5 Å². The third-order valence-electron chi connectivity index (χ3n) is 3.17. The Hall–Kier alpha value is -1.48. The zero-order chi connectivity index (χ0) is 13.6. The van der Waals surface area contributed by atoms with Crippen LogP contribution >= 0.6 is 11.6 Å². The maximum Gasteiger partial charge on any atom is 0.177 e. The highest BCUT2D eigenvalue weighted by Gasteiger charge is 2.35. The number of imidazole rings is 1. The van der Waals surface area contributed by atoms with E-state index in [1.54, 1.807) is 4.57 Å². The summed E-state index contributed by atoms with van der Waals surface area (Å²) in [6.45, 7) is -0.250. The number of halogens is 1. The predicted octanol–water partition coefficient (Wildman–Crippen LogP) is -0.297. The molecule has 8 nitrogen and oxygen atoms in total. The molecule has 0 aliphatic carbocycles. The molecular formula is C10H12ClN5O3. The lowest BCUT2D eigenvalue weighted by molar-refractivity contribution is -0.0430. The average molecular weight is 286 g/mol. The van der Waals surface area contributed by atoms with E-state index in [2.05, 4.69) is 15.2 Å². The Kier molecular flexibility index (Phi) is 3.02. The zero-order valence-corrected chi connectivity index (χ0v) is 10.5. The first-order valence-corrected chi connectivity index (χ1v) is 6.08. The van der Waals surface area contributed by atoms with Crippen LogP contribution in [0, 0.1) is 0 Å². The van der Waals surface area contributed by atoms with E-state index in [4.69, 9.17) is 27.2 Å². The second kappa shape index (κ2) is 4.57. The molecule has 102 valence electrons. The molecule has 0 saturated carbocycles. The lowest BCUT2D eigenvalue weighted by Crippen LogP contribution is -2.24. The Balaban J connectivity index is 2.05. The Morgan fingerprint density at radius 3 is 3.00 bits per heavy atom. The third kappa shape index (κ3) is 1.93. The molecular weight excluding hydrogens is 274 g/mol. The summed E-state index contributed by atoms with van der Waals surface area (Å²) in [5, 5.41) is 26.4. The average Bonchev–Trinajstić information content (AvgIpc) is 2.97. The summed E-state index contributed by atoms with van der Waals surface area (Å²) in [6, 6.07) is 0. The van der Waals surface area contributed by atoms with Gasteiger partial charge in [0, 0.05) is 6.42 Å². The van der Waals surface area contributed by atoms with Gasteiger partial charge in [-0.1, -0.05) is 11.6 Å². The number of nitrogen functional groups attached to an aromatic ring is 1. The fourth-order valence-electron chi connectivity index (χ4n) is 2.21. The molecule has 1 saturated heterocycles. The van der Waals surface area contributed by atoms with E-state index in [0.29, 0.717) is 17.5 Å². The standard InChI is InChI=1S/C10H12ClN5O3/c11-9-8-7(10(12)15-14-9)13-3-16(8)6-1-4(18)5(2-17)19-6/h3-6,17-18H,1-2H2,(H2,12,15)/t4-,5+,6+/m0/s1. The summed E-state index contributed by atoms with van der Waals surface area (Å²) in [7, 11) is 0. The summed E-state index contributed by atoms with van der Waals surface area (Å²) in [5.41, 5.74) is 6.62. The fourth-order valence-corrected chi connectivity index (χ4v) is 2.44. The Labute approximate surface area is 112 Å². The van der Waals surface area contributed by atoms with Crippen molar-refractivity contribution < 1.29 is 14.9 Å². The largest absolute Gasteiger partial charge is 0.394 e. The fraction of sp³-hybridized carbons (Fsp3) is 0.500. The van der Waals surface area contributed by atoms with Crippen LogP contribution in [0.25, 0.3) is 11.0 Å². The number of rotatable bonds is 2. The normalized spacial score (nSPS) is 27.2. The van der Waals surface area contributed by atoms with E-state index < -0.39 is 18.4 Å². The van der Waals surface area contributed by atoms with Gasteiger partial charge in [0.25, 0.3) is 0 Å². The first-order chi connectivity index (χ1) is 9.11. The van der Waals surface area contributed by atoms with Crippen LogP contribution in [0.3, 0.4) is 0 Å². The van der Waals surface area contributed by atoms with Crippen LogP contribution in [0.5, 0.6) is 0 Å². The van der Waals surface area contributed by atoms with E-state index >= 15 is 0 Å². The summed E-state index contributed by atoms with van der Waals surface area (Å²) in [4.78, 5) is 4.13. The van der Waals surface area contributed by atoms with Gasteiger partial charge < -0.3 is 25.3 Å². The number of hydrogen-bond acceptors (Lipinski definition) is 7. The van der Waals surface area contributed by atoms with Crippen molar-refractivity contribution in [3.63, 3.8) is 0 Å². The molecule has 19 heavy (non-hydrogen) atoms. The second-order valence-corrected chi connectivity index (χ2v) is 4.70. The topological polar surface area (TPSA) is 119 Å². The van der Waals surface area contributed by atoms with Crippen LogP contribution in [0.4, 0.5) is 5.82 Å². The van der Waals surface area contributed by atoms with E-state index in [1.807, 2.05) is 0 Å². The Morgan fingerprint density at radius 2 is 2.32 bits per heavy atom. The van der Waals surface area contributed by atoms with Crippen LogP contribution < -0.4 is 5.73 Å². The summed E-state index contributed by atoms with van der Waals surface area (Å²) < 4.78 is 7.19. The summed E-state index contributed by atoms with van der Waals surface area (Å²) in [5.74, 6) is 0.176. The van der Waals surface area contributed by atoms with Crippen LogP contribution in [0.1, 0.15) is 12.6 Å². The Bertz CT molecular complexity index is 618. The molecule has 3 rings (SSSR count). The molecule has 0 unspecified atom stereocenters. The summed E-state index contributed by atoms with van der Waals surface area (Å²) >= 11 is 6.00. The SMILES string of the molecule is Nc1nnc(Cl)c2c1ncn2[C@H]1C[C@H](O)[C@@H](CO)O1. The number of aliphatic hydroxyl groups excluding tert-OH is 2. The van der Waals surface area contributed by atoms with Gasteiger partial charge >= 0.3 is 0 Å². The van der Waals surface area contributed by atoms with E-state index in [1.165, 1.54) is 6.33 Å². The van der Waals surface area contributed by atoms with E-state index in [-0.39, 0.29) is 17.6 Å². The zero-order valence-electron chi connectivity index (χ0n) is 9.77. The van der Waals surface area contributed by atoms with Crippen molar-refractivity contribution in [3.8, 4) is 0 Å². The van der Waals surface area contributed by atoms with Crippen LogP contribution in [-0.2, 0) is 4.74 Å². The Morgan fingerprint density at radius 1 is 1.53 bits per heavy atom. The van der Waals surface area contributed by atoms with E-state index in [0.717, 1.165) is 0 Å². The molecule has 1 fully saturated rings. The van der Waals surface area contributed by atoms with Crippen LogP contribution in [0.15, 0.2) is 6.33 Å². The number of nitrogens with zero attached hydrogens (tertiary/aromatic N) is 4. The summed E-state index contributed by atoms with van der Waals surface area (Å²) in [6.07, 6.45) is 0.00725. The maximum atomic E-state index is 9.75. The van der Waals surface area contributed by atoms with Crippen molar-refractivity contribution >= 4 is 28.5 Å². The van der Waals surface area contributed by atoms with Gasteiger partial charge in [-0.05, 0) is 0 Å². The number of aromatic nitrogens is 4. The van der Waals surface area contributed by atoms with Gasteiger partial charge in [0.2, 0.25) is 0 Å². The number of aliphatic hydroxyl groups is 2. The number of fused-ring (bicyclic) bond motifs is 1. The minimum atomic E-state index is -0.738. The van der Waals surface area contributed by atoms with Crippen LogP contribution in [0.2, 0.25) is 5.15 Å². The van der Waals surface area contributed by atoms with Crippen molar-refractivity contribution in [2.24, 2.45) is 0 Å². The molecule has 0 bridgehead atoms. The molecule has 2 aromatic rings. The van der Waals surface area contributed by atoms with Gasteiger partial charge in [0.1, 0.15) is 23.4 Å². The lowest BCUT2D eigenvalue weighted by Gasteiger charge is -2.14. The third-order valence-corrected chi connectivity index (χ3v) is 3.43. The smallest absolute Gasteiger partial charge is 0.177 e. The molecule has 4 N–H and O–H groups in total. The highest BCUT2D eigenvalue weighted by atomic mass is 35.5. The molecule has 3 atom stereocenters. The predicted molar refractivity (Wildman–Crippen MR) is 66.4 cm³/mol. The van der Waals surface area contributed by atoms with E-state index in [9.17, 15) is 5.11 Å². The maximum absolute atomic E-state index is 9.75. The molecule has 0 radical (unpaired) electrons. The first kappa shape index (κ1) is 12.5. The lowest BCUT2D eigenvalue weighted by atomic mass is 10.2. The van der Waals surface area contributed by atoms with Crippen molar-refractivity contribution in [1.29, 1.82) is 0 Å². The molecule has 3 heterocycles. The number of nitrogens with two attached hydrogens (primary N) is 1. The van der Waals surface area contributed by atoms with Crippen LogP contribution in [-0.4, -0.2) is 48.8 Å². The highest BCUT2D eigenvalue weighted by molar-refractivity contribution is 6.33. The molecule has 9 heteroatoms. The molecule has 0 spiro atoms. The van der Waals surface area contributed by atoms with Crippen molar-refractivity contribution in [2.45, 2.75) is 24.9 Å². The van der Waals surface area contributed by atoms with Crippen molar-refractivity contribution in [2.75, 3.05) is 12.3 Å². The van der Waals surface area contributed by atoms with Gasteiger partial charge in [0.05, 0.1) is 19.0 Å². The molecule has 0 amide bonds. The van der Waals surface area contributed by atoms with Gasteiger partial charge in [-0.15, -0.1) is 10.2 Å². The minimum Gasteiger partial charge on any atom is -0.394 e.